The van der Waals surface area contributed by atoms with E-state index < -0.39 is 32.8 Å². The van der Waals surface area contributed by atoms with Gasteiger partial charge in [-0.15, -0.1) is 10.2 Å². The zero-order chi connectivity index (χ0) is 29.3. The van der Waals surface area contributed by atoms with E-state index in [4.69, 9.17) is 13.9 Å². The molecule has 0 radical (unpaired) electrons. The lowest BCUT2D eigenvalue weighted by molar-refractivity contribution is 0.155. The third-order valence-electron chi connectivity index (χ3n) is 6.98. The highest BCUT2D eigenvalue weighted by atomic mass is 32.2. The minimum absolute atomic E-state index is 0.00148. The summed E-state index contributed by atoms with van der Waals surface area (Å²) in [6.07, 6.45) is -0.963. The normalized spacial score (nSPS) is 17.3. The number of halogens is 1. The predicted molar refractivity (Wildman–Crippen MR) is 147 cm³/mol. The van der Waals surface area contributed by atoms with Crippen molar-refractivity contribution in [2.75, 3.05) is 32.2 Å². The summed E-state index contributed by atoms with van der Waals surface area (Å²) < 4.78 is 60.2. The van der Waals surface area contributed by atoms with E-state index in [1.165, 1.54) is 26.4 Å². The number of anilines is 1. The van der Waals surface area contributed by atoms with E-state index in [-0.39, 0.29) is 36.7 Å². The Kier molecular flexibility index (Phi) is 7.70. The summed E-state index contributed by atoms with van der Waals surface area (Å²) in [6.45, 7) is 1.95. The zero-order valence-electron chi connectivity index (χ0n) is 22.6. The predicted octanol–water partition coefficient (Wildman–Crippen LogP) is 3.42. The second kappa shape index (κ2) is 11.2. The molecule has 0 amide bonds. The number of nitrogens with zero attached hydrogens (tertiary/aromatic N) is 5. The van der Waals surface area contributed by atoms with E-state index in [1.54, 1.807) is 52.8 Å². The molecule has 2 atom stereocenters. The number of rotatable bonds is 8. The van der Waals surface area contributed by atoms with Crippen LogP contribution in [-0.2, 0) is 15.6 Å². The van der Waals surface area contributed by atoms with Crippen LogP contribution in [-0.4, -0.2) is 67.0 Å². The van der Waals surface area contributed by atoms with Crippen molar-refractivity contribution in [3.63, 3.8) is 0 Å². The van der Waals surface area contributed by atoms with Crippen molar-refractivity contribution in [1.29, 1.82) is 5.26 Å². The van der Waals surface area contributed by atoms with Gasteiger partial charge in [-0.25, -0.2) is 12.8 Å². The number of aryl methyl sites for hydroxylation is 1. The van der Waals surface area contributed by atoms with Crippen LogP contribution in [0.2, 0.25) is 0 Å². The van der Waals surface area contributed by atoms with Gasteiger partial charge in [0.25, 0.3) is 0 Å². The molecule has 3 heterocycles. The Labute approximate surface area is 236 Å². The molecule has 1 aliphatic heterocycles. The van der Waals surface area contributed by atoms with Crippen LogP contribution in [0.25, 0.3) is 17.3 Å². The fourth-order valence-corrected chi connectivity index (χ4v) is 6.71. The molecule has 0 bridgehead atoms. The lowest BCUT2D eigenvalue weighted by Gasteiger charge is -2.36. The number of sulfone groups is 1. The second-order valence-corrected chi connectivity index (χ2v) is 12.0. The first-order chi connectivity index (χ1) is 19.6. The molecule has 0 spiro atoms. The summed E-state index contributed by atoms with van der Waals surface area (Å²) in [4.78, 5) is 1.64. The average molecular weight is 582 g/mol. The molecule has 5 rings (SSSR count). The van der Waals surface area contributed by atoms with Gasteiger partial charge in [0.1, 0.15) is 40.6 Å². The zero-order valence-corrected chi connectivity index (χ0v) is 23.4. The number of hydrogen-bond donors (Lipinski definition) is 1. The fraction of sp³-hybridized carbons (Fsp3) is 0.321. The maximum Gasteiger partial charge on any atom is 0.204 e. The van der Waals surface area contributed by atoms with Crippen LogP contribution < -0.4 is 14.4 Å². The first-order valence-electron chi connectivity index (χ1n) is 12.7. The van der Waals surface area contributed by atoms with Gasteiger partial charge in [-0.1, -0.05) is 6.07 Å². The highest BCUT2D eigenvalue weighted by Gasteiger charge is 2.37. The Bertz CT molecular complexity index is 1710. The van der Waals surface area contributed by atoms with Crippen molar-refractivity contribution in [1.82, 2.24) is 14.8 Å². The lowest BCUT2D eigenvalue weighted by atomic mass is 10.1. The summed E-state index contributed by atoms with van der Waals surface area (Å²) in [5.41, 5.74) is 0.679. The van der Waals surface area contributed by atoms with Gasteiger partial charge >= 0.3 is 0 Å². The van der Waals surface area contributed by atoms with Crippen molar-refractivity contribution < 1.29 is 31.8 Å². The highest BCUT2D eigenvalue weighted by Crippen LogP contribution is 2.37. The number of para-hydroxylation sites is 1. The van der Waals surface area contributed by atoms with E-state index >= 15 is 0 Å². The number of furan rings is 1. The third kappa shape index (κ3) is 5.48. The molecular weight excluding hydrogens is 553 g/mol. The number of piperidine rings is 1. The van der Waals surface area contributed by atoms with E-state index in [9.17, 15) is 23.2 Å². The molecule has 2 aromatic carbocycles. The molecule has 2 aromatic heterocycles. The molecule has 11 nitrogen and oxygen atoms in total. The molecule has 41 heavy (non-hydrogen) atoms. The van der Waals surface area contributed by atoms with Crippen molar-refractivity contribution in [3.8, 4) is 34.8 Å². The largest absolute Gasteiger partial charge is 0.494 e. The first-order valence-corrected chi connectivity index (χ1v) is 14.4. The number of aromatic nitrogens is 3. The third-order valence-corrected chi connectivity index (χ3v) is 9.00. The number of benzene rings is 2. The SMILES string of the molecule is COc1cccc(OC)c1-n1c(CS(=O)(=O)[C@H]2C[C@@H](O)CN(c3ccc(F)c(C#N)c3)C2)nnc1-c1ccc(C)o1. The number of nitriles is 1. The number of aliphatic hydroxyl groups excluding tert-OH is 1. The Morgan fingerprint density at radius 3 is 2.49 bits per heavy atom. The van der Waals surface area contributed by atoms with Gasteiger partial charge in [-0.2, -0.15) is 5.26 Å². The molecule has 0 aliphatic carbocycles. The van der Waals surface area contributed by atoms with Crippen LogP contribution in [0.3, 0.4) is 0 Å². The number of hydrogen-bond acceptors (Lipinski definition) is 10. The van der Waals surface area contributed by atoms with Gasteiger partial charge in [0, 0.05) is 18.8 Å². The van der Waals surface area contributed by atoms with Crippen molar-refractivity contribution in [3.05, 3.63) is 71.5 Å². The van der Waals surface area contributed by atoms with Gasteiger partial charge in [-0.05, 0) is 55.8 Å². The maximum absolute atomic E-state index is 13.9. The van der Waals surface area contributed by atoms with Crippen LogP contribution in [0.1, 0.15) is 23.6 Å². The molecule has 1 N–H and O–H groups in total. The molecule has 1 saturated heterocycles. The highest BCUT2D eigenvalue weighted by molar-refractivity contribution is 7.91. The van der Waals surface area contributed by atoms with Gasteiger partial charge in [0.2, 0.25) is 5.82 Å². The van der Waals surface area contributed by atoms with Crippen molar-refractivity contribution >= 4 is 15.5 Å². The summed E-state index contributed by atoms with van der Waals surface area (Å²) >= 11 is 0. The molecule has 4 aromatic rings. The van der Waals surface area contributed by atoms with Gasteiger partial charge in [0.15, 0.2) is 21.4 Å². The van der Waals surface area contributed by atoms with Crippen LogP contribution in [0, 0.1) is 24.1 Å². The lowest BCUT2D eigenvalue weighted by Crippen LogP contribution is -2.49. The monoisotopic (exact) mass is 581 g/mol. The van der Waals surface area contributed by atoms with Crippen molar-refractivity contribution in [2.45, 2.75) is 30.5 Å². The molecule has 214 valence electrons. The quantitative estimate of drug-likeness (QED) is 0.329. The first kappa shape index (κ1) is 28.1. The van der Waals surface area contributed by atoms with Crippen LogP contribution >= 0.6 is 0 Å². The summed E-state index contributed by atoms with van der Waals surface area (Å²) in [5, 5.41) is 27.4. The number of aliphatic hydroxyl groups is 1. The average Bonchev–Trinajstić information content (AvgIpc) is 3.57. The fourth-order valence-electron chi connectivity index (χ4n) is 5.00. The summed E-state index contributed by atoms with van der Waals surface area (Å²) in [7, 11) is -0.970. The minimum atomic E-state index is -3.94. The second-order valence-electron chi connectivity index (χ2n) is 9.70. The van der Waals surface area contributed by atoms with Crippen LogP contribution in [0.5, 0.6) is 11.5 Å². The van der Waals surface area contributed by atoms with Crippen molar-refractivity contribution in [2.24, 2.45) is 0 Å². The number of β-amino-alcohol motifs (C(OH)–C–C–N with tert-alkyl or cyclic N) is 1. The summed E-state index contributed by atoms with van der Waals surface area (Å²) in [6, 6.07) is 14.4. The molecule has 1 aliphatic rings. The summed E-state index contributed by atoms with van der Waals surface area (Å²) in [5.74, 6) is 0.963. The van der Waals surface area contributed by atoms with E-state index in [2.05, 4.69) is 10.2 Å². The minimum Gasteiger partial charge on any atom is -0.494 e. The van der Waals surface area contributed by atoms with E-state index in [1.807, 2.05) is 0 Å². The standard InChI is InChI=1S/C28H28FN5O6S/c1-17-7-10-25(40-17)28-32-31-26(34(28)27-23(38-2)5-4-6-24(27)39-3)16-41(36,37)21-12-20(35)14-33(15-21)19-8-9-22(29)18(11-19)13-30/h4-11,20-21,35H,12,14-16H2,1-3H3/t20-,21+/m1/s1. The topological polar surface area (TPSA) is 144 Å². The Morgan fingerprint density at radius 1 is 1.12 bits per heavy atom. The van der Waals surface area contributed by atoms with E-state index in [0.29, 0.717) is 34.4 Å². The smallest absolute Gasteiger partial charge is 0.204 e. The Balaban J connectivity index is 1.55. The van der Waals surface area contributed by atoms with Gasteiger partial charge in [0.05, 0.1) is 31.1 Å². The molecule has 13 heteroatoms. The van der Waals surface area contributed by atoms with Crippen LogP contribution in [0.15, 0.2) is 52.9 Å². The molecule has 1 fully saturated rings. The molecule has 0 unspecified atom stereocenters. The van der Waals surface area contributed by atoms with Gasteiger partial charge in [-0.3, -0.25) is 4.57 Å². The molecular formula is C28H28FN5O6S. The van der Waals surface area contributed by atoms with Crippen LogP contribution in [0.4, 0.5) is 10.1 Å². The maximum atomic E-state index is 13.9. The van der Waals surface area contributed by atoms with Gasteiger partial charge < -0.3 is 23.9 Å². The number of methoxy groups -OCH3 is 2. The Hall–Kier alpha value is -4.41. The molecule has 0 saturated carbocycles. The Morgan fingerprint density at radius 2 is 1.85 bits per heavy atom. The number of ether oxygens (including phenoxy) is 2. The van der Waals surface area contributed by atoms with E-state index in [0.717, 1.165) is 6.07 Å².